The van der Waals surface area contributed by atoms with E-state index in [9.17, 15) is 46.5 Å². The molecule has 3 rings (SSSR count). The fourth-order valence-electron chi connectivity index (χ4n) is 4.06. The molecule has 0 bridgehead atoms. The molecule has 1 fully saturated rings. The van der Waals surface area contributed by atoms with Crippen LogP contribution >= 0.6 is 0 Å². The van der Waals surface area contributed by atoms with Crippen LogP contribution in [0.4, 0.5) is 0 Å². The molecular weight excluding hydrogens is 915 g/mol. The van der Waals surface area contributed by atoms with Crippen molar-refractivity contribution in [1.82, 2.24) is 5.06 Å². The maximum atomic E-state index is 11.3. The van der Waals surface area contributed by atoms with Crippen molar-refractivity contribution >= 4 is 58.5 Å². The second kappa shape index (κ2) is 47.1. The molecule has 0 unspecified atom stereocenters. The quantitative estimate of drug-likeness (QED) is 0.0653. The third kappa shape index (κ3) is 55.9. The van der Waals surface area contributed by atoms with E-state index in [0.717, 1.165) is 32.1 Å². The Kier molecular flexibility index (Phi) is 50.4. The lowest BCUT2D eigenvalue weighted by Crippen LogP contribution is -2.26. The molecular formula is C51H93N9O11. The van der Waals surface area contributed by atoms with Gasteiger partial charge in [0.15, 0.2) is 48.7 Å². The average Bonchev–Trinajstić information content (AvgIpc) is 3.28. The van der Waals surface area contributed by atoms with E-state index in [4.69, 9.17) is 9.94 Å². The zero-order valence-corrected chi connectivity index (χ0v) is 45.9. The number of nitrogens with zero attached hydrogens (tertiary/aromatic N) is 9. The molecule has 0 saturated heterocycles. The first-order chi connectivity index (χ1) is 32.7. The smallest absolute Gasteiger partial charge is 0.220 e. The summed E-state index contributed by atoms with van der Waals surface area (Å²) in [5, 5.41) is 91.6. The highest BCUT2D eigenvalue weighted by atomic mass is 16.5. The lowest BCUT2D eigenvalue weighted by Gasteiger charge is -2.17. The van der Waals surface area contributed by atoms with E-state index in [1.165, 1.54) is 51.5 Å². The van der Waals surface area contributed by atoms with Crippen LogP contribution < -0.4 is 0 Å². The van der Waals surface area contributed by atoms with Gasteiger partial charge < -0.3 is 46.4 Å². The molecule has 2 aliphatic rings. The zero-order chi connectivity index (χ0) is 56.9. The van der Waals surface area contributed by atoms with Gasteiger partial charge in [-0.1, -0.05) is 56.5 Å². The lowest BCUT2D eigenvalue weighted by molar-refractivity contribution is -0.527. The SMILES string of the molecule is C=NO.C=[N+]([O-])C(C)(C)C.C=[N+]([O-])C(C)C.C=[N+]([O-])CC.C=[N+]([O-])CCC.C=[N+]([O-])Cc1ccccc1.CC(C)/[N+]([O-])=C/C1CCCCC1.CC=[N+]([O-])C(C)C.COC1=CC(=CN(O)C(C)C)C=CC1=O. The van der Waals surface area contributed by atoms with Gasteiger partial charge in [0.25, 0.3) is 0 Å². The molecule has 0 amide bonds. The molecule has 0 spiro atoms. The number of allylic oxidation sites excluding steroid dienone is 4. The van der Waals surface area contributed by atoms with Crippen LogP contribution in [-0.4, -0.2) is 157 Å². The molecule has 71 heavy (non-hydrogen) atoms. The number of ketones is 1. The second-order valence-corrected chi connectivity index (χ2v) is 17.6. The molecule has 1 aromatic rings. The summed E-state index contributed by atoms with van der Waals surface area (Å²) in [6, 6.07) is 9.72. The van der Waals surface area contributed by atoms with Crippen LogP contribution in [0, 0.1) is 42.4 Å². The fraction of sp³-hybridized carbons (Fsp3) is 0.588. The maximum absolute atomic E-state index is 11.3. The van der Waals surface area contributed by atoms with Crippen LogP contribution in [-0.2, 0) is 16.1 Å². The number of oxime groups is 1. The first-order valence-electron chi connectivity index (χ1n) is 23.4. The summed E-state index contributed by atoms with van der Waals surface area (Å²) in [5.74, 6) is 0.670. The van der Waals surface area contributed by atoms with Crippen LogP contribution in [0.5, 0.6) is 0 Å². The Hall–Kier alpha value is -6.57. The van der Waals surface area contributed by atoms with Gasteiger partial charge in [0.2, 0.25) is 5.78 Å². The highest BCUT2D eigenvalue weighted by Gasteiger charge is 2.16. The van der Waals surface area contributed by atoms with Crippen LogP contribution in [0.1, 0.15) is 141 Å². The second-order valence-electron chi connectivity index (χ2n) is 17.6. The van der Waals surface area contributed by atoms with Gasteiger partial charge >= 0.3 is 0 Å². The Morgan fingerprint density at radius 1 is 0.789 bits per heavy atom. The van der Waals surface area contributed by atoms with Crippen molar-refractivity contribution in [3.8, 4) is 0 Å². The normalized spacial score (nSPS) is 13.4. The number of benzene rings is 1. The van der Waals surface area contributed by atoms with Gasteiger partial charge in [-0.15, -0.1) is 5.16 Å². The van der Waals surface area contributed by atoms with E-state index < -0.39 is 0 Å². The number of ether oxygens (including phenoxy) is 1. The summed E-state index contributed by atoms with van der Waals surface area (Å²) in [6.45, 7) is 45.4. The van der Waals surface area contributed by atoms with E-state index in [1.54, 1.807) is 46.0 Å². The van der Waals surface area contributed by atoms with Crippen molar-refractivity contribution in [2.75, 3.05) is 20.2 Å². The minimum absolute atomic E-state index is 0.0112. The Bertz CT molecular complexity index is 1780. The van der Waals surface area contributed by atoms with Gasteiger partial charge in [-0.3, -0.25) is 15.1 Å². The number of hydrogen-bond donors (Lipinski definition) is 2. The summed E-state index contributed by atoms with van der Waals surface area (Å²) in [6.07, 6.45) is 16.8. The Morgan fingerprint density at radius 2 is 1.23 bits per heavy atom. The highest BCUT2D eigenvalue weighted by molar-refractivity contribution is 6.04. The number of carbonyl (C=O) groups excluding carboxylic acids is 1. The number of hydrogen-bond acceptors (Lipinski definition) is 13. The largest absolute Gasteiger partial charge is 0.624 e. The molecule has 0 heterocycles. The van der Waals surface area contributed by atoms with Crippen molar-refractivity contribution in [1.29, 1.82) is 0 Å². The highest BCUT2D eigenvalue weighted by Crippen LogP contribution is 2.22. The maximum Gasteiger partial charge on any atom is 0.220 e. The van der Waals surface area contributed by atoms with Gasteiger partial charge in [-0.25, -0.2) is 33.2 Å². The monoisotopic (exact) mass is 1010 g/mol. The van der Waals surface area contributed by atoms with Crippen molar-refractivity contribution in [2.45, 2.75) is 172 Å². The summed E-state index contributed by atoms with van der Waals surface area (Å²) >= 11 is 0. The molecule has 2 N–H and O–H groups in total. The molecule has 20 heteroatoms. The van der Waals surface area contributed by atoms with Crippen molar-refractivity contribution < 1.29 is 53.1 Å². The minimum atomic E-state index is -0.333. The number of hydroxylamine groups is 9. The summed E-state index contributed by atoms with van der Waals surface area (Å²) in [5.41, 5.74) is 1.38. The zero-order valence-electron chi connectivity index (χ0n) is 45.9. The Balaban J connectivity index is -0.000000173. The third-order valence-electron chi connectivity index (χ3n) is 8.63. The van der Waals surface area contributed by atoms with Crippen LogP contribution in [0.3, 0.4) is 0 Å². The molecule has 0 radical (unpaired) electrons. The fourth-order valence-corrected chi connectivity index (χ4v) is 4.06. The van der Waals surface area contributed by atoms with Gasteiger partial charge in [-0.05, 0) is 99.0 Å². The molecule has 0 aromatic heterocycles. The molecule has 1 saturated carbocycles. The van der Waals surface area contributed by atoms with Crippen LogP contribution in [0.25, 0.3) is 0 Å². The average molecular weight is 1010 g/mol. The van der Waals surface area contributed by atoms with Crippen molar-refractivity contribution in [3.63, 3.8) is 0 Å². The van der Waals surface area contributed by atoms with Crippen LogP contribution in [0.2, 0.25) is 0 Å². The van der Waals surface area contributed by atoms with Crippen molar-refractivity contribution in [2.24, 2.45) is 11.1 Å². The first kappa shape index (κ1) is 75.9. The molecule has 408 valence electrons. The van der Waals surface area contributed by atoms with Crippen LogP contribution in [0.15, 0.2) is 71.2 Å². The predicted molar refractivity (Wildman–Crippen MR) is 294 cm³/mol. The summed E-state index contributed by atoms with van der Waals surface area (Å²) in [4.78, 5) is 11.2. The van der Waals surface area contributed by atoms with Gasteiger partial charge in [0.1, 0.15) is 46.3 Å². The predicted octanol–water partition coefficient (Wildman–Crippen LogP) is 9.09. The number of rotatable bonds is 12. The molecule has 20 nitrogen and oxygen atoms in total. The van der Waals surface area contributed by atoms with Crippen molar-refractivity contribution in [3.05, 3.63) is 108 Å². The third-order valence-corrected chi connectivity index (χ3v) is 8.63. The van der Waals surface area contributed by atoms with Gasteiger partial charge in [0.05, 0.1) is 13.2 Å². The minimum Gasteiger partial charge on any atom is -0.624 e. The standard InChI is InChI=1S/C11H15NO3.C10H19NO.C8H9NO.2C5H11NO.2C4H9NO.C3H7NO.CH3NO/c1-8(2)12(14)7-9-4-5-10(13)11(6-9)15-3;1-9(2)11(12)8-10-6-4-3-5-7-10;1-9(10)7-8-5-3-2-4-6-8;1-5(2,3)6(4)7;1-4-6(7)5(2)3;1-4(2)5(3)6;1-3-4-5(2)6;1-3-4(2)5;1-2-3/h4-8,14H,1-3H3;8-10H,3-7H2,1-2H3;2-6H,1,7H2;4H2,1-3H3;4-5H,1-3H3;4H,3H2,1-2H3;2-4H2,1H3;2-3H2,1H3;3H,1H2/b;11-8-;;;;;;;. The summed E-state index contributed by atoms with van der Waals surface area (Å²) < 4.78 is 10.2. The molecule has 0 aliphatic heterocycles. The van der Waals surface area contributed by atoms with E-state index in [2.05, 4.69) is 45.5 Å². The van der Waals surface area contributed by atoms with E-state index in [-0.39, 0.29) is 41.2 Å². The van der Waals surface area contributed by atoms with Gasteiger partial charge in [-0.2, -0.15) is 0 Å². The van der Waals surface area contributed by atoms with E-state index >= 15 is 0 Å². The van der Waals surface area contributed by atoms with Gasteiger partial charge in [0, 0.05) is 58.5 Å². The first-order valence-corrected chi connectivity index (χ1v) is 23.4. The number of carbonyl (C=O) groups is 1. The summed E-state index contributed by atoms with van der Waals surface area (Å²) in [7, 11) is 1.44. The number of methoxy groups -OCH3 is 1. The van der Waals surface area contributed by atoms with E-state index in [1.807, 2.05) is 106 Å². The Labute approximate surface area is 426 Å². The molecule has 0 atom stereocenters. The lowest BCUT2D eigenvalue weighted by atomic mass is 9.90. The topological polar surface area (TPSA) is 265 Å². The molecule has 2 aliphatic carbocycles. The van der Waals surface area contributed by atoms with E-state index in [0.29, 0.717) is 49.2 Å². The molecule has 1 aromatic carbocycles. The Morgan fingerprint density at radius 3 is 1.49 bits per heavy atom.